The average molecular weight is 219 g/mol. The third-order valence-electron chi connectivity index (χ3n) is 2.26. The lowest BCUT2D eigenvalue weighted by Crippen LogP contribution is -2.15. The molecule has 0 amide bonds. The second-order valence-corrected chi connectivity index (χ2v) is 4.07. The Balaban J connectivity index is 2.32. The zero-order valence-corrected chi connectivity index (χ0v) is 10.4. The SMILES string of the molecule is C/C=C/c1ccc(OCCCN(C)C)cc1. The van der Waals surface area contributed by atoms with Gasteiger partial charge in [-0.15, -0.1) is 0 Å². The van der Waals surface area contributed by atoms with Crippen molar-refractivity contribution in [3.05, 3.63) is 35.9 Å². The molecule has 0 spiro atoms. The predicted octanol–water partition coefficient (Wildman–Crippen LogP) is 3.05. The third-order valence-corrected chi connectivity index (χ3v) is 2.26. The van der Waals surface area contributed by atoms with Crippen LogP contribution in [0.25, 0.3) is 6.08 Å². The van der Waals surface area contributed by atoms with E-state index in [0.29, 0.717) is 0 Å². The van der Waals surface area contributed by atoms with Gasteiger partial charge in [0.2, 0.25) is 0 Å². The largest absolute Gasteiger partial charge is 0.494 e. The highest BCUT2D eigenvalue weighted by Gasteiger charge is 1.94. The zero-order valence-electron chi connectivity index (χ0n) is 10.4. The van der Waals surface area contributed by atoms with Gasteiger partial charge in [-0.3, -0.25) is 0 Å². The molecule has 88 valence electrons. The second kappa shape index (κ2) is 7.07. The van der Waals surface area contributed by atoms with Gasteiger partial charge in [-0.2, -0.15) is 0 Å². The second-order valence-electron chi connectivity index (χ2n) is 4.07. The summed E-state index contributed by atoms with van der Waals surface area (Å²) in [5, 5.41) is 0. The molecule has 16 heavy (non-hydrogen) atoms. The van der Waals surface area contributed by atoms with Gasteiger partial charge in [0, 0.05) is 6.54 Å². The molecule has 2 heteroatoms. The van der Waals surface area contributed by atoms with Crippen LogP contribution in [0.3, 0.4) is 0 Å². The van der Waals surface area contributed by atoms with E-state index in [1.165, 1.54) is 5.56 Å². The Morgan fingerprint density at radius 2 is 1.88 bits per heavy atom. The summed E-state index contributed by atoms with van der Waals surface area (Å²) in [6.07, 6.45) is 5.17. The number of allylic oxidation sites excluding steroid dienone is 1. The summed E-state index contributed by atoms with van der Waals surface area (Å²) in [4.78, 5) is 2.17. The molecule has 0 heterocycles. The summed E-state index contributed by atoms with van der Waals surface area (Å²) in [5.41, 5.74) is 1.21. The van der Waals surface area contributed by atoms with Gasteiger partial charge in [0.25, 0.3) is 0 Å². The summed E-state index contributed by atoms with van der Waals surface area (Å²) in [5.74, 6) is 0.951. The van der Waals surface area contributed by atoms with Crippen LogP contribution in [-0.4, -0.2) is 32.1 Å². The van der Waals surface area contributed by atoms with E-state index in [2.05, 4.69) is 37.2 Å². The van der Waals surface area contributed by atoms with E-state index in [4.69, 9.17) is 4.74 Å². The number of benzene rings is 1. The minimum absolute atomic E-state index is 0.779. The first-order valence-corrected chi connectivity index (χ1v) is 5.72. The molecule has 2 nitrogen and oxygen atoms in total. The molecule has 0 unspecified atom stereocenters. The molecule has 1 rings (SSSR count). The fraction of sp³-hybridized carbons (Fsp3) is 0.429. The monoisotopic (exact) mass is 219 g/mol. The van der Waals surface area contributed by atoms with Gasteiger partial charge in [-0.1, -0.05) is 24.3 Å². The van der Waals surface area contributed by atoms with E-state index < -0.39 is 0 Å². The molecule has 1 aromatic carbocycles. The minimum atomic E-state index is 0.779. The van der Waals surface area contributed by atoms with Crippen molar-refractivity contribution in [2.24, 2.45) is 0 Å². The van der Waals surface area contributed by atoms with Gasteiger partial charge in [-0.05, 0) is 45.1 Å². The molecule has 0 N–H and O–H groups in total. The molecule has 0 aliphatic heterocycles. The Bertz CT molecular complexity index is 314. The highest BCUT2D eigenvalue weighted by Crippen LogP contribution is 2.13. The number of nitrogens with zero attached hydrogens (tertiary/aromatic N) is 1. The van der Waals surface area contributed by atoms with Crippen molar-refractivity contribution in [2.75, 3.05) is 27.2 Å². The number of ether oxygens (including phenoxy) is 1. The number of hydrogen-bond donors (Lipinski definition) is 0. The first kappa shape index (κ1) is 12.8. The van der Waals surface area contributed by atoms with Crippen LogP contribution in [0.2, 0.25) is 0 Å². The topological polar surface area (TPSA) is 12.5 Å². The molecule has 0 bridgehead atoms. The maximum absolute atomic E-state index is 5.64. The molecule has 0 radical (unpaired) electrons. The van der Waals surface area contributed by atoms with E-state index in [1.54, 1.807) is 0 Å². The summed E-state index contributed by atoms with van der Waals surface area (Å²) < 4.78 is 5.64. The van der Waals surface area contributed by atoms with Crippen LogP contribution in [0.5, 0.6) is 5.75 Å². The summed E-state index contributed by atoms with van der Waals surface area (Å²) in [6.45, 7) is 3.86. The van der Waals surface area contributed by atoms with E-state index in [1.807, 2.05) is 25.1 Å². The molecule has 0 aromatic heterocycles. The molecule has 1 aromatic rings. The van der Waals surface area contributed by atoms with E-state index in [9.17, 15) is 0 Å². The van der Waals surface area contributed by atoms with Crippen molar-refractivity contribution in [1.82, 2.24) is 4.90 Å². The van der Waals surface area contributed by atoms with Gasteiger partial charge >= 0.3 is 0 Å². The standard InChI is InChI=1S/C14H21NO/c1-4-6-13-7-9-14(10-8-13)16-12-5-11-15(2)3/h4,6-10H,5,11-12H2,1-3H3/b6-4+. The Morgan fingerprint density at radius 1 is 1.19 bits per heavy atom. The summed E-state index contributed by atoms with van der Waals surface area (Å²) >= 11 is 0. The quantitative estimate of drug-likeness (QED) is 0.682. The number of rotatable bonds is 6. The van der Waals surface area contributed by atoms with Crippen LogP contribution in [-0.2, 0) is 0 Å². The molecule has 0 aliphatic rings. The third kappa shape index (κ3) is 4.99. The first-order valence-electron chi connectivity index (χ1n) is 5.72. The normalized spacial score (nSPS) is 11.2. The first-order chi connectivity index (χ1) is 7.72. The van der Waals surface area contributed by atoms with Gasteiger partial charge < -0.3 is 9.64 Å². The van der Waals surface area contributed by atoms with Crippen LogP contribution in [0.4, 0.5) is 0 Å². The average Bonchev–Trinajstić information content (AvgIpc) is 2.27. The molecule has 0 fully saturated rings. The van der Waals surface area contributed by atoms with Gasteiger partial charge in [0.1, 0.15) is 5.75 Å². The minimum Gasteiger partial charge on any atom is -0.494 e. The Kier molecular flexibility index (Phi) is 5.65. The fourth-order valence-corrected chi connectivity index (χ4v) is 1.44. The molecular weight excluding hydrogens is 198 g/mol. The molecular formula is C14H21NO. The van der Waals surface area contributed by atoms with Crippen molar-refractivity contribution in [3.63, 3.8) is 0 Å². The van der Waals surface area contributed by atoms with Gasteiger partial charge in [0.15, 0.2) is 0 Å². The summed E-state index contributed by atoms with van der Waals surface area (Å²) in [7, 11) is 4.15. The van der Waals surface area contributed by atoms with Crippen LogP contribution < -0.4 is 4.74 Å². The lowest BCUT2D eigenvalue weighted by Gasteiger charge is -2.10. The Morgan fingerprint density at radius 3 is 2.44 bits per heavy atom. The highest BCUT2D eigenvalue weighted by molar-refractivity contribution is 5.50. The zero-order chi connectivity index (χ0) is 11.8. The lowest BCUT2D eigenvalue weighted by atomic mass is 10.2. The van der Waals surface area contributed by atoms with Gasteiger partial charge in [0.05, 0.1) is 6.61 Å². The lowest BCUT2D eigenvalue weighted by molar-refractivity contribution is 0.281. The Hall–Kier alpha value is -1.28. The van der Waals surface area contributed by atoms with Crippen molar-refractivity contribution in [2.45, 2.75) is 13.3 Å². The maximum atomic E-state index is 5.64. The van der Waals surface area contributed by atoms with Crippen LogP contribution in [0.1, 0.15) is 18.9 Å². The molecule has 0 aliphatic carbocycles. The highest BCUT2D eigenvalue weighted by atomic mass is 16.5. The van der Waals surface area contributed by atoms with Crippen molar-refractivity contribution in [1.29, 1.82) is 0 Å². The number of hydrogen-bond acceptors (Lipinski definition) is 2. The molecule has 0 saturated carbocycles. The maximum Gasteiger partial charge on any atom is 0.119 e. The molecule has 0 atom stereocenters. The molecule has 0 saturated heterocycles. The van der Waals surface area contributed by atoms with Crippen LogP contribution >= 0.6 is 0 Å². The van der Waals surface area contributed by atoms with Crippen molar-refractivity contribution < 1.29 is 4.74 Å². The Labute approximate surface area is 98.5 Å². The van der Waals surface area contributed by atoms with Gasteiger partial charge in [-0.25, -0.2) is 0 Å². The van der Waals surface area contributed by atoms with Crippen LogP contribution in [0, 0.1) is 0 Å². The van der Waals surface area contributed by atoms with Crippen molar-refractivity contribution in [3.8, 4) is 5.75 Å². The fourth-order valence-electron chi connectivity index (χ4n) is 1.44. The predicted molar refractivity (Wildman–Crippen MR) is 69.8 cm³/mol. The van der Waals surface area contributed by atoms with E-state index in [0.717, 1.165) is 25.3 Å². The summed E-state index contributed by atoms with van der Waals surface area (Å²) in [6, 6.07) is 8.18. The van der Waals surface area contributed by atoms with Crippen molar-refractivity contribution >= 4 is 6.08 Å². The van der Waals surface area contributed by atoms with E-state index in [-0.39, 0.29) is 0 Å². The smallest absolute Gasteiger partial charge is 0.119 e. The van der Waals surface area contributed by atoms with Crippen LogP contribution in [0.15, 0.2) is 30.3 Å². The van der Waals surface area contributed by atoms with E-state index >= 15 is 0 Å².